The normalized spacial score (nSPS) is 17.2. The van der Waals surface area contributed by atoms with Crippen LogP contribution in [0, 0.1) is 0 Å². The lowest BCUT2D eigenvalue weighted by atomic mass is 10.2. The smallest absolute Gasteiger partial charge is 0.328 e. The molecule has 1 saturated heterocycles. The Bertz CT molecular complexity index is 1070. The molecule has 0 bridgehead atoms. The fourth-order valence-electron chi connectivity index (χ4n) is 4.45. The Hall–Kier alpha value is -2.76. The summed E-state index contributed by atoms with van der Waals surface area (Å²) in [5.74, 6) is -0.0595. The maximum atomic E-state index is 13.4. The summed E-state index contributed by atoms with van der Waals surface area (Å²) in [5.41, 5.74) is 3.29. The van der Waals surface area contributed by atoms with E-state index in [1.165, 1.54) is 4.90 Å². The van der Waals surface area contributed by atoms with Gasteiger partial charge in [0.1, 0.15) is 5.69 Å². The third kappa shape index (κ3) is 2.62. The molecule has 0 aliphatic carbocycles. The lowest BCUT2D eigenvalue weighted by Gasteiger charge is -2.23. The summed E-state index contributed by atoms with van der Waals surface area (Å²) in [6.45, 7) is 7.08. The van der Waals surface area contributed by atoms with Crippen molar-refractivity contribution in [2.24, 2.45) is 0 Å². The van der Waals surface area contributed by atoms with Crippen LogP contribution in [-0.4, -0.2) is 57.6 Å². The maximum absolute atomic E-state index is 13.4. The fraction of sp³-hybridized carbons (Fsp3) is 0.455. The zero-order valence-corrected chi connectivity index (χ0v) is 17.3. The number of amides is 2. The van der Waals surface area contributed by atoms with Gasteiger partial charge in [0.05, 0.1) is 16.6 Å². The first-order chi connectivity index (χ1) is 13.3. The Balaban J connectivity index is 2.05. The van der Waals surface area contributed by atoms with E-state index in [0.29, 0.717) is 5.69 Å². The third-order valence-electron chi connectivity index (χ3n) is 5.78. The van der Waals surface area contributed by atoms with Crippen LogP contribution in [0.15, 0.2) is 30.3 Å². The summed E-state index contributed by atoms with van der Waals surface area (Å²) in [6, 6.07) is 10.2. The number of rotatable bonds is 2. The van der Waals surface area contributed by atoms with E-state index in [9.17, 15) is 9.59 Å². The first-order valence-electron chi connectivity index (χ1n) is 10.00. The van der Waals surface area contributed by atoms with Crippen molar-refractivity contribution in [2.45, 2.75) is 45.7 Å². The molecule has 3 aromatic rings. The van der Waals surface area contributed by atoms with Crippen LogP contribution in [0.1, 0.15) is 50.1 Å². The Morgan fingerprint density at radius 3 is 2.46 bits per heavy atom. The van der Waals surface area contributed by atoms with E-state index in [0.717, 1.165) is 41.3 Å². The number of nitrogens with zero attached hydrogens (tertiary/aromatic N) is 4. The predicted molar refractivity (Wildman–Crippen MR) is 112 cm³/mol. The number of carbonyl (C=O) groups excluding carboxylic acids is 2. The minimum absolute atomic E-state index is 0.0595. The first-order valence-corrected chi connectivity index (χ1v) is 10.00. The second-order valence-corrected chi connectivity index (χ2v) is 8.25. The van der Waals surface area contributed by atoms with Crippen molar-refractivity contribution in [3.05, 3.63) is 36.0 Å². The summed E-state index contributed by atoms with van der Waals surface area (Å²) in [6.07, 6.45) is 2.02. The number of carbonyl (C=O) groups is 2. The van der Waals surface area contributed by atoms with Gasteiger partial charge >= 0.3 is 6.03 Å². The molecule has 0 radical (unpaired) electrons. The van der Waals surface area contributed by atoms with Crippen molar-refractivity contribution in [1.29, 1.82) is 0 Å². The van der Waals surface area contributed by atoms with Crippen LogP contribution < -0.4 is 0 Å². The van der Waals surface area contributed by atoms with Crippen LogP contribution in [0.25, 0.3) is 21.9 Å². The standard InChI is InChI=1S/C22H28N4O2/c1-14(2)25-17-11-7-6-10-16(17)20-18(25)13-19(26(20)22(28)23(4)5)21(27)24-12-8-9-15(24)3/h6-7,10-11,13-15H,8-9,12H2,1-5H3/t15-/m1/s1. The molecule has 1 aromatic carbocycles. The van der Waals surface area contributed by atoms with E-state index in [2.05, 4.69) is 31.4 Å². The average molecular weight is 380 g/mol. The molecule has 2 aromatic heterocycles. The summed E-state index contributed by atoms with van der Waals surface area (Å²) < 4.78 is 3.83. The van der Waals surface area contributed by atoms with Gasteiger partial charge in [-0.25, -0.2) is 4.79 Å². The lowest BCUT2D eigenvalue weighted by Crippen LogP contribution is -2.37. The van der Waals surface area contributed by atoms with Gasteiger partial charge in [0.15, 0.2) is 0 Å². The minimum atomic E-state index is -0.197. The zero-order valence-electron chi connectivity index (χ0n) is 17.3. The van der Waals surface area contributed by atoms with E-state index >= 15 is 0 Å². The molecule has 0 unspecified atom stereocenters. The molecule has 1 fully saturated rings. The van der Waals surface area contributed by atoms with Crippen LogP contribution in [-0.2, 0) is 0 Å². The topological polar surface area (TPSA) is 50.5 Å². The quantitative estimate of drug-likeness (QED) is 0.664. The van der Waals surface area contributed by atoms with Crippen LogP contribution >= 0.6 is 0 Å². The van der Waals surface area contributed by atoms with Gasteiger partial charge in [-0.15, -0.1) is 0 Å². The van der Waals surface area contributed by atoms with Gasteiger partial charge < -0.3 is 14.4 Å². The van der Waals surface area contributed by atoms with Crippen LogP contribution in [0.5, 0.6) is 0 Å². The molecule has 1 aliphatic heterocycles. The highest BCUT2D eigenvalue weighted by Crippen LogP contribution is 2.35. The van der Waals surface area contributed by atoms with Gasteiger partial charge in [0.2, 0.25) is 0 Å². The fourth-order valence-corrected chi connectivity index (χ4v) is 4.45. The number of hydrogen-bond donors (Lipinski definition) is 0. The van der Waals surface area contributed by atoms with Crippen molar-refractivity contribution in [3.8, 4) is 0 Å². The third-order valence-corrected chi connectivity index (χ3v) is 5.78. The molecule has 0 saturated carbocycles. The van der Waals surface area contributed by atoms with Crippen LogP contribution in [0.3, 0.4) is 0 Å². The van der Waals surface area contributed by atoms with Crippen LogP contribution in [0.2, 0.25) is 0 Å². The maximum Gasteiger partial charge on any atom is 0.328 e. The summed E-state index contributed by atoms with van der Waals surface area (Å²) >= 11 is 0. The van der Waals surface area contributed by atoms with Gasteiger partial charge in [-0.3, -0.25) is 9.36 Å². The number of aromatic nitrogens is 2. The van der Waals surface area contributed by atoms with E-state index in [1.54, 1.807) is 18.7 Å². The molecular weight excluding hydrogens is 352 g/mol. The number of fused-ring (bicyclic) bond motifs is 3. The SMILES string of the molecule is CC(C)n1c2ccccc2c2c1cc(C(=O)N1CCC[C@H]1C)n2C(=O)N(C)C. The van der Waals surface area contributed by atoms with Gasteiger partial charge in [-0.1, -0.05) is 18.2 Å². The first kappa shape index (κ1) is 18.6. The number of benzene rings is 1. The Morgan fingerprint density at radius 2 is 1.86 bits per heavy atom. The van der Waals surface area contributed by atoms with Gasteiger partial charge in [0, 0.05) is 38.1 Å². The second-order valence-electron chi connectivity index (χ2n) is 8.25. The van der Waals surface area contributed by atoms with Crippen molar-refractivity contribution in [2.75, 3.05) is 20.6 Å². The molecule has 3 heterocycles. The number of para-hydroxylation sites is 1. The molecule has 0 N–H and O–H groups in total. The molecule has 1 aliphatic rings. The van der Waals surface area contributed by atoms with Crippen molar-refractivity contribution in [1.82, 2.24) is 18.9 Å². The molecule has 6 nitrogen and oxygen atoms in total. The van der Waals surface area contributed by atoms with Gasteiger partial charge in [-0.05, 0) is 45.7 Å². The zero-order chi connectivity index (χ0) is 20.2. The van der Waals surface area contributed by atoms with Crippen molar-refractivity contribution >= 4 is 33.9 Å². The highest BCUT2D eigenvalue weighted by Gasteiger charge is 2.32. The summed E-state index contributed by atoms with van der Waals surface area (Å²) in [7, 11) is 3.45. The van der Waals surface area contributed by atoms with Crippen LogP contribution in [0.4, 0.5) is 4.79 Å². The molecule has 2 amide bonds. The average Bonchev–Trinajstić information content (AvgIpc) is 3.32. The largest absolute Gasteiger partial charge is 0.337 e. The number of likely N-dealkylation sites (tertiary alicyclic amines) is 1. The Labute approximate surface area is 165 Å². The summed E-state index contributed by atoms with van der Waals surface area (Å²) in [4.78, 5) is 30.0. The molecule has 1 atom stereocenters. The van der Waals surface area contributed by atoms with E-state index in [-0.39, 0.29) is 24.0 Å². The highest BCUT2D eigenvalue weighted by atomic mass is 16.2. The molecule has 28 heavy (non-hydrogen) atoms. The van der Waals surface area contributed by atoms with Crippen molar-refractivity contribution < 1.29 is 9.59 Å². The van der Waals surface area contributed by atoms with E-state index in [1.807, 2.05) is 29.2 Å². The Morgan fingerprint density at radius 1 is 1.14 bits per heavy atom. The Kier molecular flexibility index (Phi) is 4.44. The minimum Gasteiger partial charge on any atom is -0.337 e. The predicted octanol–water partition coefficient (Wildman–Crippen LogP) is 4.33. The molecule has 148 valence electrons. The summed E-state index contributed by atoms with van der Waals surface area (Å²) in [5, 5.41) is 0.995. The monoisotopic (exact) mass is 380 g/mol. The van der Waals surface area contributed by atoms with E-state index in [4.69, 9.17) is 0 Å². The van der Waals surface area contributed by atoms with Gasteiger partial charge in [0.25, 0.3) is 5.91 Å². The lowest BCUT2D eigenvalue weighted by molar-refractivity contribution is 0.0737. The molecule has 0 spiro atoms. The van der Waals surface area contributed by atoms with Gasteiger partial charge in [-0.2, -0.15) is 0 Å². The highest BCUT2D eigenvalue weighted by molar-refractivity contribution is 6.14. The van der Waals surface area contributed by atoms with Crippen molar-refractivity contribution in [3.63, 3.8) is 0 Å². The van der Waals surface area contributed by atoms with E-state index < -0.39 is 0 Å². The molecule has 6 heteroatoms. The molecule has 4 rings (SSSR count). The number of hydrogen-bond acceptors (Lipinski definition) is 2. The second kappa shape index (κ2) is 6.69. The molecular formula is C22H28N4O2.